The zero-order valence-corrected chi connectivity index (χ0v) is 12.4. The maximum atomic E-state index is 11.2. The topological polar surface area (TPSA) is 120 Å². The Bertz CT molecular complexity index is 761. The van der Waals surface area contributed by atoms with Crippen molar-refractivity contribution in [3.63, 3.8) is 0 Å². The van der Waals surface area contributed by atoms with Gasteiger partial charge in [0.15, 0.2) is 5.69 Å². The standard InChI is InChI=1S/C11H15N5O4S/c1-3-15-7-8(6-12-15)10-9(11(17)18)13-14-16(10)4-5-21(2,19)20/h6-7H,3-5H2,1-2H3,(H,17,18). The van der Waals surface area contributed by atoms with Crippen LogP contribution >= 0.6 is 0 Å². The maximum Gasteiger partial charge on any atom is 0.358 e. The van der Waals surface area contributed by atoms with Gasteiger partial charge in [-0.05, 0) is 6.92 Å². The highest BCUT2D eigenvalue weighted by atomic mass is 32.2. The lowest BCUT2D eigenvalue weighted by atomic mass is 10.2. The molecule has 21 heavy (non-hydrogen) atoms. The number of aryl methyl sites for hydroxylation is 2. The van der Waals surface area contributed by atoms with Gasteiger partial charge in [0, 0.05) is 24.6 Å². The van der Waals surface area contributed by atoms with E-state index < -0.39 is 15.8 Å². The van der Waals surface area contributed by atoms with Crippen LogP contribution in [-0.2, 0) is 22.9 Å². The molecule has 0 spiro atoms. The molecule has 0 atom stereocenters. The van der Waals surface area contributed by atoms with Gasteiger partial charge in [0.05, 0.1) is 18.5 Å². The summed E-state index contributed by atoms with van der Waals surface area (Å²) < 4.78 is 25.4. The number of rotatable bonds is 6. The fourth-order valence-electron chi connectivity index (χ4n) is 1.81. The number of hydrogen-bond donors (Lipinski definition) is 1. The van der Waals surface area contributed by atoms with Crippen molar-refractivity contribution in [2.75, 3.05) is 12.0 Å². The van der Waals surface area contributed by atoms with E-state index >= 15 is 0 Å². The monoisotopic (exact) mass is 313 g/mol. The fraction of sp³-hybridized carbons (Fsp3) is 0.455. The van der Waals surface area contributed by atoms with Crippen LogP contribution in [-0.4, -0.2) is 56.3 Å². The van der Waals surface area contributed by atoms with Crippen LogP contribution < -0.4 is 0 Å². The molecule has 0 saturated heterocycles. The van der Waals surface area contributed by atoms with Gasteiger partial charge in [-0.25, -0.2) is 17.9 Å². The second-order valence-corrected chi connectivity index (χ2v) is 6.79. The number of nitrogens with zero attached hydrogens (tertiary/aromatic N) is 5. The van der Waals surface area contributed by atoms with Gasteiger partial charge in [-0.2, -0.15) is 5.10 Å². The molecule has 0 unspecified atom stereocenters. The summed E-state index contributed by atoms with van der Waals surface area (Å²) in [5.41, 5.74) is 0.567. The molecule has 10 heteroatoms. The highest BCUT2D eigenvalue weighted by Crippen LogP contribution is 2.22. The lowest BCUT2D eigenvalue weighted by molar-refractivity contribution is 0.0691. The van der Waals surface area contributed by atoms with E-state index in [1.807, 2.05) is 6.92 Å². The summed E-state index contributed by atoms with van der Waals surface area (Å²) in [4.78, 5) is 11.2. The molecule has 2 aromatic rings. The number of hydrogen-bond acceptors (Lipinski definition) is 6. The molecule has 0 aliphatic carbocycles. The van der Waals surface area contributed by atoms with Crippen LogP contribution in [0.3, 0.4) is 0 Å². The zero-order chi connectivity index (χ0) is 15.6. The Morgan fingerprint density at radius 1 is 1.43 bits per heavy atom. The van der Waals surface area contributed by atoms with E-state index in [9.17, 15) is 18.3 Å². The van der Waals surface area contributed by atoms with E-state index in [1.165, 1.54) is 10.9 Å². The number of aromatic carboxylic acids is 1. The minimum atomic E-state index is -3.19. The Hall–Kier alpha value is -2.23. The highest BCUT2D eigenvalue weighted by Gasteiger charge is 2.22. The SMILES string of the molecule is CCn1cc(-c2c(C(=O)O)nnn2CCS(C)(=O)=O)cn1. The van der Waals surface area contributed by atoms with Crippen LogP contribution in [0.1, 0.15) is 17.4 Å². The van der Waals surface area contributed by atoms with Crippen molar-refractivity contribution >= 4 is 15.8 Å². The number of carboxylic acid groups (broad SMARTS) is 1. The second-order valence-electron chi connectivity index (χ2n) is 4.53. The van der Waals surface area contributed by atoms with Gasteiger partial charge in [0.25, 0.3) is 0 Å². The minimum absolute atomic E-state index is 0.0335. The molecule has 1 N–H and O–H groups in total. The average molecular weight is 313 g/mol. The Kier molecular flexibility index (Phi) is 4.07. The van der Waals surface area contributed by atoms with Crippen molar-refractivity contribution in [1.82, 2.24) is 24.8 Å². The predicted octanol–water partition coefficient (Wildman–Crippen LogP) is -0.0957. The van der Waals surface area contributed by atoms with E-state index in [0.717, 1.165) is 6.26 Å². The van der Waals surface area contributed by atoms with Gasteiger partial charge in [-0.15, -0.1) is 5.10 Å². The molecule has 114 valence electrons. The summed E-state index contributed by atoms with van der Waals surface area (Å²) in [6.45, 7) is 2.56. The second kappa shape index (κ2) is 5.64. The Morgan fingerprint density at radius 3 is 2.67 bits per heavy atom. The normalized spacial score (nSPS) is 11.7. The maximum absolute atomic E-state index is 11.2. The van der Waals surface area contributed by atoms with Crippen molar-refractivity contribution in [3.05, 3.63) is 18.1 Å². The van der Waals surface area contributed by atoms with E-state index in [2.05, 4.69) is 15.4 Å². The van der Waals surface area contributed by atoms with Crippen LogP contribution in [0.4, 0.5) is 0 Å². The van der Waals surface area contributed by atoms with Gasteiger partial charge in [-0.1, -0.05) is 5.21 Å². The van der Waals surface area contributed by atoms with E-state index in [4.69, 9.17) is 0 Å². The summed E-state index contributed by atoms with van der Waals surface area (Å²) in [6, 6.07) is 0. The molecule has 0 aromatic carbocycles. The van der Waals surface area contributed by atoms with Crippen molar-refractivity contribution in [2.45, 2.75) is 20.0 Å². The summed E-state index contributed by atoms with van der Waals surface area (Å²) in [6.07, 6.45) is 4.28. The first kappa shape index (κ1) is 15.2. The summed E-state index contributed by atoms with van der Waals surface area (Å²) in [5.74, 6) is -1.37. The highest BCUT2D eigenvalue weighted by molar-refractivity contribution is 7.90. The fourth-order valence-corrected chi connectivity index (χ4v) is 2.32. The third kappa shape index (κ3) is 3.45. The first-order valence-electron chi connectivity index (χ1n) is 6.19. The molecule has 2 aromatic heterocycles. The minimum Gasteiger partial charge on any atom is -0.476 e. The Balaban J connectivity index is 2.44. The molecule has 0 amide bonds. The van der Waals surface area contributed by atoms with Gasteiger partial charge in [-0.3, -0.25) is 4.68 Å². The first-order valence-corrected chi connectivity index (χ1v) is 8.25. The van der Waals surface area contributed by atoms with Crippen LogP contribution in [0, 0.1) is 0 Å². The molecule has 2 rings (SSSR count). The van der Waals surface area contributed by atoms with Crippen LogP contribution in [0.15, 0.2) is 12.4 Å². The number of carboxylic acids is 1. The average Bonchev–Trinajstić information content (AvgIpc) is 3.01. The number of carbonyl (C=O) groups is 1. The Labute approximate surface area is 121 Å². The lowest BCUT2D eigenvalue weighted by Gasteiger charge is -2.04. The van der Waals surface area contributed by atoms with E-state index in [-0.39, 0.29) is 23.7 Å². The quantitative estimate of drug-likeness (QED) is 0.790. The summed E-state index contributed by atoms with van der Waals surface area (Å²) >= 11 is 0. The first-order chi connectivity index (χ1) is 9.81. The lowest BCUT2D eigenvalue weighted by Crippen LogP contribution is -2.13. The third-order valence-electron chi connectivity index (χ3n) is 2.84. The summed E-state index contributed by atoms with van der Waals surface area (Å²) in [5, 5.41) is 20.6. The van der Waals surface area contributed by atoms with Gasteiger partial charge < -0.3 is 5.11 Å². The molecule has 0 fully saturated rings. The van der Waals surface area contributed by atoms with Gasteiger partial charge in [0.1, 0.15) is 15.5 Å². The molecule has 0 radical (unpaired) electrons. The summed E-state index contributed by atoms with van der Waals surface area (Å²) in [7, 11) is -3.19. The third-order valence-corrected chi connectivity index (χ3v) is 3.77. The van der Waals surface area contributed by atoms with Gasteiger partial charge in [0.2, 0.25) is 0 Å². The van der Waals surface area contributed by atoms with E-state index in [1.54, 1.807) is 10.9 Å². The molecule has 0 aliphatic heterocycles. The van der Waals surface area contributed by atoms with Crippen molar-refractivity contribution in [1.29, 1.82) is 0 Å². The molecule has 0 bridgehead atoms. The predicted molar refractivity (Wildman–Crippen MR) is 73.6 cm³/mol. The molecule has 2 heterocycles. The smallest absolute Gasteiger partial charge is 0.358 e. The van der Waals surface area contributed by atoms with E-state index in [0.29, 0.717) is 12.1 Å². The molecular formula is C11H15N5O4S. The molecular weight excluding hydrogens is 298 g/mol. The van der Waals surface area contributed by atoms with Crippen molar-refractivity contribution in [2.24, 2.45) is 0 Å². The van der Waals surface area contributed by atoms with Crippen LogP contribution in [0.5, 0.6) is 0 Å². The van der Waals surface area contributed by atoms with Gasteiger partial charge >= 0.3 is 5.97 Å². The largest absolute Gasteiger partial charge is 0.476 e. The molecule has 9 nitrogen and oxygen atoms in total. The van der Waals surface area contributed by atoms with Crippen molar-refractivity contribution < 1.29 is 18.3 Å². The Morgan fingerprint density at radius 2 is 2.14 bits per heavy atom. The van der Waals surface area contributed by atoms with Crippen LogP contribution in [0.2, 0.25) is 0 Å². The molecule has 0 saturated carbocycles. The molecule has 0 aliphatic rings. The van der Waals surface area contributed by atoms with Crippen LogP contribution in [0.25, 0.3) is 11.3 Å². The number of sulfone groups is 1. The number of aromatic nitrogens is 5. The van der Waals surface area contributed by atoms with Crippen molar-refractivity contribution in [3.8, 4) is 11.3 Å². The zero-order valence-electron chi connectivity index (χ0n) is 11.6.